The number of hydroxylamine groups is 2. The molecule has 0 atom stereocenters. The van der Waals surface area contributed by atoms with Gasteiger partial charge < -0.3 is 14.5 Å². The van der Waals surface area contributed by atoms with Crippen LogP contribution in [0.4, 0.5) is 4.79 Å². The van der Waals surface area contributed by atoms with Crippen LogP contribution < -0.4 is 0 Å². The molecule has 4 aromatic carbocycles. The van der Waals surface area contributed by atoms with E-state index in [1.165, 1.54) is 23.3 Å². The van der Waals surface area contributed by atoms with Crippen LogP contribution in [0.1, 0.15) is 54.5 Å². The maximum absolute atomic E-state index is 13.2. The highest BCUT2D eigenvalue weighted by Gasteiger charge is 2.39. The van der Waals surface area contributed by atoms with E-state index in [2.05, 4.69) is 24.3 Å². The molecular formula is C34H26N2O6. The molecule has 0 aromatic heterocycles. The van der Waals surface area contributed by atoms with Gasteiger partial charge >= 0.3 is 12.1 Å². The van der Waals surface area contributed by atoms with E-state index in [1.54, 1.807) is 17.0 Å². The molecule has 8 heteroatoms. The summed E-state index contributed by atoms with van der Waals surface area (Å²) in [5, 5.41) is 0.529. The van der Waals surface area contributed by atoms with E-state index in [1.807, 2.05) is 42.5 Å². The van der Waals surface area contributed by atoms with Crippen LogP contribution in [0, 0.1) is 0 Å². The second-order valence-electron chi connectivity index (χ2n) is 10.6. The first-order valence-electron chi connectivity index (χ1n) is 13.9. The molecule has 0 bridgehead atoms. The highest BCUT2D eigenvalue weighted by atomic mass is 16.7. The molecule has 208 valence electrons. The van der Waals surface area contributed by atoms with Gasteiger partial charge in [0.2, 0.25) is 0 Å². The van der Waals surface area contributed by atoms with Gasteiger partial charge in [-0.05, 0) is 57.5 Å². The Balaban J connectivity index is 0.999. The largest absolute Gasteiger partial charge is 0.448 e. The SMILES string of the molecule is O=C(Cc1cccc2c1CCN(C(=O)OCC1c3ccccc3-c3ccccc31)C2)ON1C(=O)c2ccccc2C1=O. The number of imide groups is 1. The Morgan fingerprint density at radius 1 is 0.738 bits per heavy atom. The molecule has 0 radical (unpaired) electrons. The Morgan fingerprint density at radius 3 is 1.98 bits per heavy atom. The second kappa shape index (κ2) is 10.3. The summed E-state index contributed by atoms with van der Waals surface area (Å²) in [6.45, 7) is 1.04. The molecule has 3 aliphatic rings. The van der Waals surface area contributed by atoms with Crippen LogP contribution in [-0.2, 0) is 33.8 Å². The Kier molecular flexibility index (Phi) is 6.31. The van der Waals surface area contributed by atoms with Crippen LogP contribution in [0.25, 0.3) is 11.1 Å². The second-order valence-corrected chi connectivity index (χ2v) is 10.6. The predicted octanol–water partition coefficient (Wildman–Crippen LogP) is 5.29. The van der Waals surface area contributed by atoms with Crippen LogP contribution in [-0.4, -0.2) is 47.0 Å². The minimum Gasteiger partial charge on any atom is -0.448 e. The maximum atomic E-state index is 13.2. The van der Waals surface area contributed by atoms with Crippen molar-refractivity contribution in [1.82, 2.24) is 9.96 Å². The van der Waals surface area contributed by atoms with Crippen LogP contribution in [0.5, 0.6) is 0 Å². The molecular weight excluding hydrogens is 532 g/mol. The van der Waals surface area contributed by atoms with Crippen LogP contribution >= 0.6 is 0 Å². The molecule has 0 fully saturated rings. The van der Waals surface area contributed by atoms with E-state index >= 15 is 0 Å². The fourth-order valence-electron chi connectivity index (χ4n) is 6.23. The standard InChI is InChI=1S/C34H26N2O6/c37-31(42-36-32(38)28-14-5-6-15-29(28)33(36)39)18-21-8-7-9-22-19-35(17-16-23(21)22)34(40)41-20-30-26-12-3-1-10-24(26)25-11-2-4-13-27(25)30/h1-15,30H,16-20H2. The average molecular weight is 559 g/mol. The molecule has 0 unspecified atom stereocenters. The highest BCUT2D eigenvalue weighted by molar-refractivity contribution is 6.20. The lowest BCUT2D eigenvalue weighted by Crippen LogP contribution is -2.37. The Morgan fingerprint density at radius 2 is 1.33 bits per heavy atom. The number of carbonyl (C=O) groups excluding carboxylic acids is 4. The molecule has 2 aliphatic heterocycles. The summed E-state index contributed by atoms with van der Waals surface area (Å²) in [7, 11) is 0. The number of carbonyl (C=O) groups is 4. The number of benzene rings is 4. The number of amides is 3. The van der Waals surface area contributed by atoms with Gasteiger partial charge in [-0.1, -0.05) is 83.9 Å². The maximum Gasteiger partial charge on any atom is 0.410 e. The zero-order chi connectivity index (χ0) is 28.8. The molecule has 1 aliphatic carbocycles. The van der Waals surface area contributed by atoms with E-state index in [9.17, 15) is 19.2 Å². The molecule has 0 saturated carbocycles. The number of hydrogen-bond acceptors (Lipinski definition) is 6. The monoisotopic (exact) mass is 558 g/mol. The molecule has 42 heavy (non-hydrogen) atoms. The molecule has 0 N–H and O–H groups in total. The molecule has 7 rings (SSSR count). The van der Waals surface area contributed by atoms with Crippen molar-refractivity contribution in [3.8, 4) is 11.1 Å². The Labute approximate surface area is 242 Å². The van der Waals surface area contributed by atoms with Gasteiger partial charge in [0.15, 0.2) is 0 Å². The normalized spacial score (nSPS) is 15.1. The summed E-state index contributed by atoms with van der Waals surface area (Å²) < 4.78 is 5.85. The molecule has 0 spiro atoms. The van der Waals surface area contributed by atoms with Crippen molar-refractivity contribution in [2.75, 3.05) is 13.2 Å². The highest BCUT2D eigenvalue weighted by Crippen LogP contribution is 2.44. The molecule has 3 amide bonds. The van der Waals surface area contributed by atoms with Gasteiger partial charge in [-0.25, -0.2) is 9.59 Å². The van der Waals surface area contributed by atoms with Crippen molar-refractivity contribution in [3.63, 3.8) is 0 Å². The van der Waals surface area contributed by atoms with Gasteiger partial charge in [0.25, 0.3) is 11.8 Å². The summed E-state index contributed by atoms with van der Waals surface area (Å²) in [5.74, 6) is -2.04. The number of fused-ring (bicyclic) bond motifs is 5. The number of ether oxygens (including phenoxy) is 1. The topological polar surface area (TPSA) is 93.2 Å². The lowest BCUT2D eigenvalue weighted by Gasteiger charge is -2.30. The third-order valence-electron chi connectivity index (χ3n) is 8.24. The van der Waals surface area contributed by atoms with E-state index < -0.39 is 17.8 Å². The van der Waals surface area contributed by atoms with Gasteiger partial charge in [0, 0.05) is 19.0 Å². The minimum absolute atomic E-state index is 0.0156. The van der Waals surface area contributed by atoms with Crippen molar-refractivity contribution in [1.29, 1.82) is 0 Å². The third kappa shape index (κ3) is 4.32. The first kappa shape index (κ1) is 25.7. The van der Waals surface area contributed by atoms with Crippen molar-refractivity contribution in [2.45, 2.75) is 25.3 Å². The van der Waals surface area contributed by atoms with Gasteiger partial charge in [0.1, 0.15) is 6.61 Å². The van der Waals surface area contributed by atoms with Gasteiger partial charge in [-0.3, -0.25) is 9.59 Å². The lowest BCUT2D eigenvalue weighted by molar-refractivity contribution is -0.167. The Bertz CT molecular complexity index is 1700. The van der Waals surface area contributed by atoms with Crippen LogP contribution in [0.3, 0.4) is 0 Å². The van der Waals surface area contributed by atoms with Crippen molar-refractivity contribution >= 4 is 23.9 Å². The zero-order valence-electron chi connectivity index (χ0n) is 22.6. The Hall–Kier alpha value is -5.24. The fourth-order valence-corrected chi connectivity index (χ4v) is 6.23. The van der Waals surface area contributed by atoms with Crippen molar-refractivity contribution in [3.05, 3.63) is 130 Å². The summed E-state index contributed by atoms with van der Waals surface area (Å²) in [6.07, 6.45) is 0.0512. The lowest BCUT2D eigenvalue weighted by atomic mass is 9.93. The summed E-state index contributed by atoms with van der Waals surface area (Å²) in [5.41, 5.74) is 7.70. The summed E-state index contributed by atoms with van der Waals surface area (Å²) in [4.78, 5) is 58.0. The number of rotatable bonds is 5. The summed E-state index contributed by atoms with van der Waals surface area (Å²) >= 11 is 0. The van der Waals surface area contributed by atoms with Crippen LogP contribution in [0.2, 0.25) is 0 Å². The smallest absolute Gasteiger partial charge is 0.410 e. The predicted molar refractivity (Wildman–Crippen MR) is 152 cm³/mol. The van der Waals surface area contributed by atoms with Gasteiger partial charge in [-0.2, -0.15) is 0 Å². The van der Waals surface area contributed by atoms with E-state index in [-0.39, 0.29) is 36.2 Å². The number of hydrogen-bond donors (Lipinski definition) is 0. The molecule has 4 aromatic rings. The van der Waals surface area contributed by atoms with E-state index in [4.69, 9.17) is 9.57 Å². The first-order chi connectivity index (χ1) is 20.5. The number of nitrogens with zero attached hydrogens (tertiary/aromatic N) is 2. The molecule has 8 nitrogen and oxygen atoms in total. The minimum atomic E-state index is -0.711. The first-order valence-corrected chi connectivity index (χ1v) is 13.9. The molecule has 2 heterocycles. The van der Waals surface area contributed by atoms with Crippen LogP contribution in [0.15, 0.2) is 91.0 Å². The summed E-state index contributed by atoms with van der Waals surface area (Å²) in [6, 6.07) is 28.4. The average Bonchev–Trinajstić information content (AvgIpc) is 3.47. The molecule has 0 saturated heterocycles. The van der Waals surface area contributed by atoms with Gasteiger partial charge in [-0.15, -0.1) is 0 Å². The van der Waals surface area contributed by atoms with E-state index in [0.717, 1.165) is 27.8 Å². The van der Waals surface area contributed by atoms with Gasteiger partial charge in [0.05, 0.1) is 17.5 Å². The van der Waals surface area contributed by atoms with Crippen molar-refractivity contribution in [2.24, 2.45) is 0 Å². The fraction of sp³-hybridized carbons (Fsp3) is 0.176. The zero-order valence-corrected chi connectivity index (χ0v) is 22.6. The quantitative estimate of drug-likeness (QED) is 0.309. The third-order valence-corrected chi connectivity index (χ3v) is 8.24. The van der Waals surface area contributed by atoms with E-state index in [0.29, 0.717) is 24.6 Å². The van der Waals surface area contributed by atoms with Crippen molar-refractivity contribution < 1.29 is 28.8 Å².